The maximum absolute atomic E-state index is 13.9. The zero-order valence-corrected chi connectivity index (χ0v) is 20.4. The molecule has 1 aromatic carbocycles. The lowest BCUT2D eigenvalue weighted by Crippen LogP contribution is -2.20. The first kappa shape index (κ1) is 24.3. The Morgan fingerprint density at radius 2 is 1.97 bits per heavy atom. The Hall–Kier alpha value is -3.44. The predicted molar refractivity (Wildman–Crippen MR) is 130 cm³/mol. The lowest BCUT2D eigenvalue weighted by atomic mass is 9.88. The van der Waals surface area contributed by atoms with E-state index < -0.39 is 29.4 Å². The van der Waals surface area contributed by atoms with Gasteiger partial charge in [0.1, 0.15) is 10.0 Å². The highest BCUT2D eigenvalue weighted by molar-refractivity contribution is 7.17. The number of amides is 2. The van der Waals surface area contributed by atoms with Crippen molar-refractivity contribution in [1.29, 1.82) is 0 Å². The van der Waals surface area contributed by atoms with E-state index in [9.17, 15) is 22.8 Å². The number of rotatable bonds is 4. The fourth-order valence-corrected chi connectivity index (χ4v) is 6.01. The van der Waals surface area contributed by atoms with Crippen molar-refractivity contribution in [3.8, 4) is 11.3 Å². The van der Waals surface area contributed by atoms with Crippen LogP contribution in [0.4, 0.5) is 18.2 Å². The van der Waals surface area contributed by atoms with Crippen LogP contribution in [0.5, 0.6) is 0 Å². The van der Waals surface area contributed by atoms with Gasteiger partial charge in [-0.3, -0.25) is 9.59 Å². The zero-order valence-electron chi connectivity index (χ0n) is 18.8. The van der Waals surface area contributed by atoms with Crippen LogP contribution in [0.15, 0.2) is 36.4 Å². The molecule has 0 saturated heterocycles. The van der Waals surface area contributed by atoms with Gasteiger partial charge in [-0.25, -0.2) is 9.50 Å². The minimum Gasteiger partial charge on any atom is -0.365 e. The molecule has 3 heterocycles. The summed E-state index contributed by atoms with van der Waals surface area (Å²) in [6.45, 7) is 2.09. The Morgan fingerprint density at radius 3 is 2.64 bits per heavy atom. The molecule has 1 aliphatic rings. The molecule has 0 aliphatic heterocycles. The van der Waals surface area contributed by atoms with E-state index in [1.807, 2.05) is 0 Å². The van der Waals surface area contributed by atoms with E-state index in [4.69, 9.17) is 17.3 Å². The van der Waals surface area contributed by atoms with Crippen molar-refractivity contribution in [1.82, 2.24) is 14.6 Å². The highest BCUT2D eigenvalue weighted by Gasteiger charge is 2.37. The first-order chi connectivity index (χ1) is 17.0. The number of nitrogens with two attached hydrogens (primary N) is 1. The number of hydrogen-bond acceptors (Lipinski definition) is 5. The lowest BCUT2D eigenvalue weighted by molar-refractivity contribution is -0.142. The molecule has 3 N–H and O–H groups in total. The molecule has 5 rings (SSSR count). The first-order valence-corrected chi connectivity index (χ1v) is 12.2. The summed E-state index contributed by atoms with van der Waals surface area (Å²) in [6.07, 6.45) is -2.52. The van der Waals surface area contributed by atoms with Gasteiger partial charge in [0.25, 0.3) is 11.8 Å². The third-order valence-corrected chi connectivity index (χ3v) is 7.61. The van der Waals surface area contributed by atoms with E-state index in [0.717, 1.165) is 29.3 Å². The second-order valence-corrected chi connectivity index (χ2v) is 10.1. The van der Waals surface area contributed by atoms with E-state index >= 15 is 0 Å². The molecule has 1 unspecified atom stereocenters. The molecule has 0 spiro atoms. The summed E-state index contributed by atoms with van der Waals surface area (Å²) in [4.78, 5) is 30.5. The topological polar surface area (TPSA) is 102 Å². The van der Waals surface area contributed by atoms with Gasteiger partial charge < -0.3 is 11.1 Å². The minimum atomic E-state index is -4.80. The summed E-state index contributed by atoms with van der Waals surface area (Å²) in [5, 5.41) is 6.34. The Labute approximate surface area is 212 Å². The van der Waals surface area contributed by atoms with Crippen molar-refractivity contribution in [2.24, 2.45) is 11.7 Å². The largest absolute Gasteiger partial charge is 0.433 e. The molecule has 7 nitrogen and oxygen atoms in total. The number of anilines is 1. The van der Waals surface area contributed by atoms with Crippen LogP contribution in [0, 0.1) is 5.92 Å². The number of aromatic nitrogens is 3. The molecule has 0 radical (unpaired) electrons. The number of thiophene rings is 1. The normalized spacial score (nSPS) is 15.6. The number of nitrogens with zero attached hydrogens (tertiary/aromatic N) is 3. The average molecular weight is 534 g/mol. The number of benzene rings is 1. The van der Waals surface area contributed by atoms with Crippen molar-refractivity contribution in [2.75, 3.05) is 5.32 Å². The van der Waals surface area contributed by atoms with Crippen LogP contribution >= 0.6 is 22.9 Å². The first-order valence-electron chi connectivity index (χ1n) is 11.0. The number of carbonyl (C=O) groups excluding carboxylic acids is 2. The third-order valence-electron chi connectivity index (χ3n) is 6.09. The Balaban J connectivity index is 1.59. The molecular formula is C24H19ClF3N5O2S. The molecule has 3 aromatic heterocycles. The SMILES string of the molecule is CC1CCc2c(sc(NC(=O)c3nn4c(C(F)(F)F)cc(-c5ccccc5)nc4c3Cl)c2C(N)=O)C1. The Bertz CT molecular complexity index is 1510. The molecule has 12 heteroatoms. The van der Waals surface area contributed by atoms with Gasteiger partial charge in [-0.05, 0) is 36.8 Å². The van der Waals surface area contributed by atoms with Crippen LogP contribution in [0.25, 0.3) is 16.9 Å². The molecule has 0 fully saturated rings. The molecule has 186 valence electrons. The summed E-state index contributed by atoms with van der Waals surface area (Å²) in [6, 6.07) is 9.15. The van der Waals surface area contributed by atoms with Gasteiger partial charge in [0.15, 0.2) is 17.0 Å². The van der Waals surface area contributed by atoms with Crippen molar-refractivity contribution in [2.45, 2.75) is 32.4 Å². The van der Waals surface area contributed by atoms with Crippen LogP contribution in [0.2, 0.25) is 5.02 Å². The fraction of sp³-hybridized carbons (Fsp3) is 0.250. The molecule has 4 aromatic rings. The van der Waals surface area contributed by atoms with Crippen molar-refractivity contribution in [3.63, 3.8) is 0 Å². The van der Waals surface area contributed by atoms with Crippen molar-refractivity contribution < 1.29 is 22.8 Å². The highest BCUT2D eigenvalue weighted by Crippen LogP contribution is 2.40. The van der Waals surface area contributed by atoms with E-state index in [1.165, 1.54) is 11.3 Å². The van der Waals surface area contributed by atoms with Crippen LogP contribution in [0.3, 0.4) is 0 Å². The van der Waals surface area contributed by atoms with Gasteiger partial charge in [-0.15, -0.1) is 11.3 Å². The molecule has 1 aliphatic carbocycles. The Morgan fingerprint density at radius 1 is 1.25 bits per heavy atom. The lowest BCUT2D eigenvalue weighted by Gasteiger charge is -2.18. The molecule has 0 saturated carbocycles. The van der Waals surface area contributed by atoms with Gasteiger partial charge >= 0.3 is 6.18 Å². The van der Waals surface area contributed by atoms with Crippen LogP contribution in [-0.2, 0) is 19.0 Å². The summed E-state index contributed by atoms with van der Waals surface area (Å²) in [7, 11) is 0. The number of primary amides is 1. The van der Waals surface area contributed by atoms with E-state index in [0.29, 0.717) is 22.4 Å². The summed E-state index contributed by atoms with van der Waals surface area (Å²) in [5.41, 5.74) is 5.19. The maximum atomic E-state index is 13.9. The van der Waals surface area contributed by atoms with Gasteiger partial charge in [0, 0.05) is 10.4 Å². The number of nitrogens with one attached hydrogen (secondary N) is 1. The molecule has 0 bridgehead atoms. The number of carbonyl (C=O) groups is 2. The van der Waals surface area contributed by atoms with Crippen molar-refractivity contribution in [3.05, 3.63) is 68.8 Å². The summed E-state index contributed by atoms with van der Waals surface area (Å²) < 4.78 is 42.3. The number of alkyl halides is 3. The van der Waals surface area contributed by atoms with E-state index in [-0.39, 0.29) is 26.9 Å². The second kappa shape index (κ2) is 8.90. The zero-order chi connectivity index (χ0) is 25.8. The second-order valence-electron chi connectivity index (χ2n) is 8.66. The fourth-order valence-electron chi connectivity index (χ4n) is 4.36. The third kappa shape index (κ3) is 4.22. The minimum absolute atomic E-state index is 0.0280. The predicted octanol–water partition coefficient (Wildman–Crippen LogP) is 5.61. The number of hydrogen-bond donors (Lipinski definition) is 2. The molecule has 36 heavy (non-hydrogen) atoms. The van der Waals surface area contributed by atoms with E-state index in [2.05, 4.69) is 22.3 Å². The van der Waals surface area contributed by atoms with Crippen LogP contribution < -0.4 is 11.1 Å². The average Bonchev–Trinajstić information content (AvgIpc) is 3.35. The van der Waals surface area contributed by atoms with Gasteiger partial charge in [0.2, 0.25) is 0 Å². The van der Waals surface area contributed by atoms with Crippen molar-refractivity contribution >= 4 is 45.4 Å². The van der Waals surface area contributed by atoms with Crippen LogP contribution in [0.1, 0.15) is 50.3 Å². The van der Waals surface area contributed by atoms with Gasteiger partial charge in [-0.1, -0.05) is 48.9 Å². The number of fused-ring (bicyclic) bond motifs is 2. The smallest absolute Gasteiger partial charge is 0.365 e. The van der Waals surface area contributed by atoms with Gasteiger partial charge in [-0.2, -0.15) is 18.3 Å². The monoisotopic (exact) mass is 533 g/mol. The quantitative estimate of drug-likeness (QED) is 0.356. The summed E-state index contributed by atoms with van der Waals surface area (Å²) in [5.74, 6) is -1.14. The van der Waals surface area contributed by atoms with Gasteiger partial charge in [0.05, 0.1) is 11.3 Å². The number of halogens is 4. The van der Waals surface area contributed by atoms with Crippen LogP contribution in [-0.4, -0.2) is 26.4 Å². The standard InChI is InChI=1S/C24H19ClF3N5O2S/c1-11-7-8-13-15(9-11)36-23(17(13)20(29)34)31-22(35)19-18(25)21-30-14(12-5-3-2-4-6-12)10-16(24(26,27)28)33(21)32-19/h2-6,10-11H,7-9H2,1H3,(H2,29,34)(H,31,35). The molecule has 1 atom stereocenters. The molecular weight excluding hydrogens is 515 g/mol. The Kier molecular flexibility index (Phi) is 6.00. The summed E-state index contributed by atoms with van der Waals surface area (Å²) >= 11 is 7.59. The maximum Gasteiger partial charge on any atom is 0.433 e. The highest BCUT2D eigenvalue weighted by atomic mass is 35.5. The molecule has 2 amide bonds. The van der Waals surface area contributed by atoms with E-state index in [1.54, 1.807) is 30.3 Å².